The smallest absolute Gasteiger partial charge is 0.225 e. The van der Waals surface area contributed by atoms with Crippen LogP contribution in [-0.4, -0.2) is 14.7 Å². The number of hydrogen-bond acceptors (Lipinski definition) is 3. The zero-order chi connectivity index (χ0) is 6.91. The molecule has 0 unspecified atom stereocenters. The molecule has 0 atom stereocenters. The molecule has 0 aromatic carbocycles. The van der Waals surface area contributed by atoms with Crippen LogP contribution in [0.1, 0.15) is 0 Å². The molecule has 1 rings (SSSR count). The van der Waals surface area contributed by atoms with Crippen LogP contribution in [0.2, 0.25) is 0 Å². The molecule has 3 nitrogen and oxygen atoms in total. The average Bonchev–Trinajstić information content (AvgIpc) is 2.08. The third-order valence-corrected chi connectivity index (χ3v) is 1.67. The molecule has 0 aliphatic carbocycles. The lowest BCUT2D eigenvalue weighted by atomic mass is 10.7. The highest BCUT2D eigenvalue weighted by atomic mass is 32.2. The summed E-state index contributed by atoms with van der Waals surface area (Å²) in [6.45, 7) is 0. The fourth-order valence-electron chi connectivity index (χ4n) is 0.426. The van der Waals surface area contributed by atoms with Crippen molar-refractivity contribution < 1.29 is 12.8 Å². The summed E-state index contributed by atoms with van der Waals surface area (Å²) in [5.74, 6) is 0. The molecule has 0 fully saturated rings. The highest BCUT2D eigenvalue weighted by molar-refractivity contribution is 7.90. The first kappa shape index (κ1) is 6.35. The first-order chi connectivity index (χ1) is 4.11. The standard InChI is InChI=1S/C5H5O3S/c1-9(6,7)5-3-2-4-8-5/h2,4H,1H3. The van der Waals surface area contributed by atoms with Crippen molar-refractivity contribution in [2.24, 2.45) is 0 Å². The van der Waals surface area contributed by atoms with E-state index in [-0.39, 0.29) is 5.09 Å². The van der Waals surface area contributed by atoms with Crippen molar-refractivity contribution in [1.82, 2.24) is 0 Å². The Bertz CT molecular complexity index is 269. The van der Waals surface area contributed by atoms with Crippen molar-refractivity contribution in [3.63, 3.8) is 0 Å². The Morgan fingerprint density at radius 1 is 1.67 bits per heavy atom. The van der Waals surface area contributed by atoms with Gasteiger partial charge in [-0.2, -0.15) is 0 Å². The second-order valence-electron chi connectivity index (χ2n) is 1.62. The van der Waals surface area contributed by atoms with Gasteiger partial charge in [0.2, 0.25) is 14.9 Å². The molecule has 0 aliphatic rings. The third-order valence-electron chi connectivity index (χ3n) is 0.781. The maximum Gasteiger partial charge on any atom is 0.225 e. The molecule has 1 aromatic heterocycles. The molecule has 0 saturated heterocycles. The molecule has 1 heterocycles. The zero-order valence-corrected chi connectivity index (χ0v) is 5.60. The van der Waals surface area contributed by atoms with E-state index in [2.05, 4.69) is 10.5 Å². The van der Waals surface area contributed by atoms with Crippen molar-refractivity contribution >= 4 is 9.84 Å². The molecular weight excluding hydrogens is 140 g/mol. The van der Waals surface area contributed by atoms with Crippen LogP contribution in [0.3, 0.4) is 0 Å². The van der Waals surface area contributed by atoms with E-state index in [9.17, 15) is 8.42 Å². The molecule has 0 saturated carbocycles. The molecule has 9 heavy (non-hydrogen) atoms. The fraction of sp³-hybridized carbons (Fsp3) is 0.200. The topological polar surface area (TPSA) is 47.3 Å². The van der Waals surface area contributed by atoms with Gasteiger partial charge in [0, 0.05) is 12.3 Å². The summed E-state index contributed by atoms with van der Waals surface area (Å²) in [6.07, 6.45) is 2.35. The van der Waals surface area contributed by atoms with Gasteiger partial charge in [0.15, 0.2) is 0 Å². The Balaban J connectivity index is 3.20. The number of rotatable bonds is 1. The van der Waals surface area contributed by atoms with E-state index in [4.69, 9.17) is 0 Å². The molecular formula is C5H5O3S. The molecule has 4 heteroatoms. The largest absolute Gasteiger partial charge is 0.452 e. The lowest BCUT2D eigenvalue weighted by molar-refractivity contribution is 0.451. The Hall–Kier alpha value is -0.770. The second-order valence-corrected chi connectivity index (χ2v) is 3.54. The Morgan fingerprint density at radius 2 is 2.33 bits per heavy atom. The molecule has 1 aromatic rings. The van der Waals surface area contributed by atoms with Crippen LogP contribution in [-0.2, 0) is 9.84 Å². The van der Waals surface area contributed by atoms with E-state index >= 15 is 0 Å². The van der Waals surface area contributed by atoms with E-state index in [0.717, 1.165) is 6.26 Å². The van der Waals surface area contributed by atoms with Gasteiger partial charge in [0.25, 0.3) is 0 Å². The summed E-state index contributed by atoms with van der Waals surface area (Å²) in [4.78, 5) is 0. The van der Waals surface area contributed by atoms with Gasteiger partial charge in [-0.1, -0.05) is 0 Å². The number of sulfone groups is 1. The van der Waals surface area contributed by atoms with E-state index < -0.39 is 9.84 Å². The predicted octanol–water partition coefficient (Wildman–Crippen LogP) is 0.483. The Kier molecular flexibility index (Phi) is 1.32. The Morgan fingerprint density at radius 3 is 2.56 bits per heavy atom. The minimum absolute atomic E-state index is 0.109. The maximum absolute atomic E-state index is 10.6. The summed E-state index contributed by atoms with van der Waals surface area (Å²) < 4.78 is 25.7. The van der Waals surface area contributed by atoms with E-state index in [0.29, 0.717) is 0 Å². The number of hydrogen-bond donors (Lipinski definition) is 0. The summed E-state index contributed by atoms with van der Waals surface area (Å²) in [6, 6.07) is 3.84. The van der Waals surface area contributed by atoms with E-state index in [1.165, 1.54) is 12.3 Å². The quantitative estimate of drug-likeness (QED) is 0.577. The van der Waals surface area contributed by atoms with Gasteiger partial charge >= 0.3 is 0 Å². The molecule has 0 aliphatic heterocycles. The van der Waals surface area contributed by atoms with Crippen LogP contribution < -0.4 is 0 Å². The third kappa shape index (κ3) is 1.32. The van der Waals surface area contributed by atoms with Crippen LogP contribution >= 0.6 is 0 Å². The second kappa shape index (κ2) is 1.88. The van der Waals surface area contributed by atoms with Crippen molar-refractivity contribution in [3.05, 3.63) is 18.4 Å². The van der Waals surface area contributed by atoms with Gasteiger partial charge in [-0.15, -0.1) is 0 Å². The summed E-state index contributed by atoms with van der Waals surface area (Å²) in [7, 11) is -3.18. The van der Waals surface area contributed by atoms with Crippen molar-refractivity contribution in [2.45, 2.75) is 5.09 Å². The van der Waals surface area contributed by atoms with Gasteiger partial charge in [0.1, 0.15) is 0 Å². The van der Waals surface area contributed by atoms with Gasteiger partial charge in [-0.05, 0) is 6.07 Å². The maximum atomic E-state index is 10.6. The summed E-state index contributed by atoms with van der Waals surface area (Å²) >= 11 is 0. The normalized spacial score (nSPS) is 11.7. The van der Waals surface area contributed by atoms with Gasteiger partial charge < -0.3 is 4.42 Å². The predicted molar refractivity (Wildman–Crippen MR) is 30.7 cm³/mol. The van der Waals surface area contributed by atoms with Crippen molar-refractivity contribution in [1.29, 1.82) is 0 Å². The molecule has 1 radical (unpaired) electrons. The lowest BCUT2D eigenvalue weighted by Crippen LogP contribution is -1.93. The van der Waals surface area contributed by atoms with Crippen LogP contribution in [0, 0.1) is 6.07 Å². The summed E-state index contributed by atoms with van der Waals surface area (Å²) in [5.41, 5.74) is 0. The fourth-order valence-corrected chi connectivity index (χ4v) is 0.939. The summed E-state index contributed by atoms with van der Waals surface area (Å²) in [5, 5.41) is -0.109. The average molecular weight is 145 g/mol. The highest BCUT2D eigenvalue weighted by Crippen LogP contribution is 2.05. The first-order valence-corrected chi connectivity index (χ1v) is 4.15. The van der Waals surface area contributed by atoms with Crippen LogP contribution in [0.4, 0.5) is 0 Å². The minimum Gasteiger partial charge on any atom is -0.452 e. The minimum atomic E-state index is -3.18. The van der Waals surface area contributed by atoms with Gasteiger partial charge in [-0.25, -0.2) is 8.42 Å². The molecule has 0 bridgehead atoms. The Labute approximate surface area is 53.2 Å². The highest BCUT2D eigenvalue weighted by Gasteiger charge is 2.08. The first-order valence-electron chi connectivity index (χ1n) is 2.26. The van der Waals surface area contributed by atoms with Crippen molar-refractivity contribution in [2.75, 3.05) is 6.26 Å². The zero-order valence-electron chi connectivity index (χ0n) is 4.79. The molecule has 49 valence electrons. The SMILES string of the molecule is CS(=O)(=O)c1[c]cco1. The monoisotopic (exact) mass is 145 g/mol. The van der Waals surface area contributed by atoms with E-state index in [1.807, 2.05) is 0 Å². The molecule has 0 amide bonds. The molecule has 0 N–H and O–H groups in total. The lowest BCUT2D eigenvalue weighted by Gasteiger charge is -1.85. The van der Waals surface area contributed by atoms with Crippen molar-refractivity contribution in [3.8, 4) is 0 Å². The van der Waals surface area contributed by atoms with Crippen LogP contribution in [0.25, 0.3) is 0 Å². The van der Waals surface area contributed by atoms with Crippen LogP contribution in [0.15, 0.2) is 21.8 Å². The van der Waals surface area contributed by atoms with Gasteiger partial charge in [0.05, 0.1) is 6.26 Å². The van der Waals surface area contributed by atoms with Gasteiger partial charge in [-0.3, -0.25) is 0 Å². The molecule has 0 spiro atoms. The van der Waals surface area contributed by atoms with Crippen LogP contribution in [0.5, 0.6) is 0 Å². The number of furan rings is 1. The van der Waals surface area contributed by atoms with E-state index in [1.54, 1.807) is 0 Å².